The van der Waals surface area contributed by atoms with Crippen LogP contribution in [0, 0.1) is 12.7 Å². The van der Waals surface area contributed by atoms with Crippen LogP contribution in [0.5, 0.6) is 0 Å². The molecule has 1 atom stereocenters. The van der Waals surface area contributed by atoms with Crippen LogP contribution in [0.4, 0.5) is 4.39 Å². The van der Waals surface area contributed by atoms with E-state index in [0.29, 0.717) is 6.54 Å². The molecule has 0 saturated carbocycles. The van der Waals surface area contributed by atoms with E-state index < -0.39 is 0 Å². The van der Waals surface area contributed by atoms with Gasteiger partial charge in [0.25, 0.3) is 0 Å². The molecule has 0 aromatic heterocycles. The molecule has 0 spiro atoms. The highest BCUT2D eigenvalue weighted by atomic mass is 19.1. The fourth-order valence-corrected chi connectivity index (χ4v) is 1.18. The van der Waals surface area contributed by atoms with E-state index in [9.17, 15) is 4.39 Å². The molecule has 0 bridgehead atoms. The van der Waals surface area contributed by atoms with Crippen LogP contribution < -0.4 is 5.32 Å². The van der Waals surface area contributed by atoms with Crippen molar-refractivity contribution >= 4 is 0 Å². The minimum absolute atomic E-state index is 0.0395. The number of hydrogen-bond acceptors (Lipinski definition) is 2. The number of halogens is 1. The number of hydrogen-bond donors (Lipinski definition) is 2. The summed E-state index contributed by atoms with van der Waals surface area (Å²) in [6, 6.07) is 4.77. The topological polar surface area (TPSA) is 32.3 Å². The van der Waals surface area contributed by atoms with Crippen molar-refractivity contribution in [2.45, 2.75) is 26.4 Å². The molecule has 2 N–H and O–H groups in total. The van der Waals surface area contributed by atoms with E-state index in [-0.39, 0.29) is 18.5 Å². The summed E-state index contributed by atoms with van der Waals surface area (Å²) in [6.45, 7) is 4.51. The van der Waals surface area contributed by atoms with Gasteiger partial charge in [-0.05, 0) is 37.1 Å². The molecule has 0 radical (unpaired) electrons. The summed E-state index contributed by atoms with van der Waals surface area (Å²) in [4.78, 5) is 0. The monoisotopic (exact) mass is 197 g/mol. The van der Waals surface area contributed by atoms with Gasteiger partial charge in [0.2, 0.25) is 0 Å². The first-order valence-electron chi connectivity index (χ1n) is 4.72. The Morgan fingerprint density at radius 2 is 2.21 bits per heavy atom. The summed E-state index contributed by atoms with van der Waals surface area (Å²) in [5, 5.41) is 11.9. The Morgan fingerprint density at radius 3 is 2.86 bits per heavy atom. The third-order valence-electron chi connectivity index (χ3n) is 2.23. The van der Waals surface area contributed by atoms with Gasteiger partial charge < -0.3 is 10.4 Å². The molecule has 1 rings (SSSR count). The van der Waals surface area contributed by atoms with Gasteiger partial charge in [-0.15, -0.1) is 0 Å². The third-order valence-corrected chi connectivity index (χ3v) is 2.23. The van der Waals surface area contributed by atoms with Crippen molar-refractivity contribution in [3.63, 3.8) is 0 Å². The van der Waals surface area contributed by atoms with Gasteiger partial charge in [-0.3, -0.25) is 0 Å². The molecule has 0 aliphatic heterocycles. The lowest BCUT2D eigenvalue weighted by Gasteiger charge is -2.12. The number of nitrogens with one attached hydrogen (secondary N) is 1. The summed E-state index contributed by atoms with van der Waals surface area (Å²) >= 11 is 0. The molecular weight excluding hydrogens is 181 g/mol. The van der Waals surface area contributed by atoms with Crippen LogP contribution in [0.1, 0.15) is 18.1 Å². The van der Waals surface area contributed by atoms with Crippen molar-refractivity contribution in [3.05, 3.63) is 35.1 Å². The zero-order valence-corrected chi connectivity index (χ0v) is 8.55. The Bertz CT molecular complexity index is 301. The maximum atomic E-state index is 12.9. The van der Waals surface area contributed by atoms with Crippen LogP contribution in [-0.4, -0.2) is 17.8 Å². The molecule has 0 amide bonds. The van der Waals surface area contributed by atoms with Crippen molar-refractivity contribution in [3.8, 4) is 0 Å². The molecule has 0 aliphatic rings. The Morgan fingerprint density at radius 1 is 1.50 bits per heavy atom. The van der Waals surface area contributed by atoms with E-state index in [4.69, 9.17) is 5.11 Å². The normalized spacial score (nSPS) is 12.9. The van der Waals surface area contributed by atoms with Crippen molar-refractivity contribution in [2.75, 3.05) is 6.61 Å². The average Bonchev–Trinajstić information content (AvgIpc) is 2.19. The summed E-state index contributed by atoms with van der Waals surface area (Å²) in [5.74, 6) is -0.218. The van der Waals surface area contributed by atoms with Crippen molar-refractivity contribution in [2.24, 2.45) is 0 Å². The van der Waals surface area contributed by atoms with Gasteiger partial charge in [-0.2, -0.15) is 0 Å². The minimum atomic E-state index is -0.218. The van der Waals surface area contributed by atoms with Gasteiger partial charge in [0, 0.05) is 12.6 Å². The standard InChI is InChI=1S/C11H16FNO/c1-8-3-4-11(12)5-10(8)6-13-9(2)7-14/h3-5,9,13-14H,6-7H2,1-2H3/t9-/m0/s1. The van der Waals surface area contributed by atoms with Crippen LogP contribution in [0.2, 0.25) is 0 Å². The predicted molar refractivity (Wildman–Crippen MR) is 54.5 cm³/mol. The van der Waals surface area contributed by atoms with Gasteiger partial charge in [-0.1, -0.05) is 6.07 Å². The highest BCUT2D eigenvalue weighted by molar-refractivity contribution is 5.26. The number of aryl methyl sites for hydroxylation is 1. The summed E-state index contributed by atoms with van der Waals surface area (Å²) < 4.78 is 12.9. The predicted octanol–water partition coefficient (Wildman–Crippen LogP) is 1.60. The number of benzene rings is 1. The average molecular weight is 197 g/mol. The van der Waals surface area contributed by atoms with Crippen LogP contribution in [0.25, 0.3) is 0 Å². The second kappa shape index (κ2) is 5.08. The lowest BCUT2D eigenvalue weighted by Crippen LogP contribution is -2.28. The lowest BCUT2D eigenvalue weighted by atomic mass is 10.1. The smallest absolute Gasteiger partial charge is 0.123 e. The van der Waals surface area contributed by atoms with Gasteiger partial charge in [-0.25, -0.2) is 4.39 Å². The second-order valence-corrected chi connectivity index (χ2v) is 3.54. The zero-order chi connectivity index (χ0) is 10.6. The molecule has 78 valence electrons. The highest BCUT2D eigenvalue weighted by Gasteiger charge is 2.02. The first kappa shape index (κ1) is 11.1. The van der Waals surface area contributed by atoms with Crippen LogP contribution in [-0.2, 0) is 6.54 Å². The van der Waals surface area contributed by atoms with Crippen molar-refractivity contribution < 1.29 is 9.50 Å². The molecule has 0 fully saturated rings. The molecule has 1 aromatic carbocycles. The Balaban J connectivity index is 2.62. The molecule has 0 unspecified atom stereocenters. The SMILES string of the molecule is Cc1ccc(F)cc1CN[C@@H](C)CO. The van der Waals surface area contributed by atoms with Gasteiger partial charge >= 0.3 is 0 Å². The minimum Gasteiger partial charge on any atom is -0.395 e. The first-order valence-corrected chi connectivity index (χ1v) is 4.72. The Hall–Kier alpha value is -0.930. The largest absolute Gasteiger partial charge is 0.395 e. The fraction of sp³-hybridized carbons (Fsp3) is 0.455. The maximum Gasteiger partial charge on any atom is 0.123 e. The van der Waals surface area contributed by atoms with Crippen LogP contribution in [0.15, 0.2) is 18.2 Å². The molecule has 2 nitrogen and oxygen atoms in total. The lowest BCUT2D eigenvalue weighted by molar-refractivity contribution is 0.251. The summed E-state index contributed by atoms with van der Waals surface area (Å²) in [5.41, 5.74) is 1.99. The summed E-state index contributed by atoms with van der Waals surface area (Å²) in [7, 11) is 0. The Labute approximate surface area is 83.8 Å². The highest BCUT2D eigenvalue weighted by Crippen LogP contribution is 2.09. The molecule has 1 aromatic rings. The van der Waals surface area contributed by atoms with E-state index >= 15 is 0 Å². The molecule has 0 heterocycles. The molecule has 0 saturated heterocycles. The molecule has 3 heteroatoms. The van der Waals surface area contributed by atoms with Crippen molar-refractivity contribution in [1.29, 1.82) is 0 Å². The third kappa shape index (κ3) is 3.09. The number of rotatable bonds is 4. The van der Waals surface area contributed by atoms with E-state index in [0.717, 1.165) is 11.1 Å². The zero-order valence-electron chi connectivity index (χ0n) is 8.55. The van der Waals surface area contributed by atoms with Crippen molar-refractivity contribution in [1.82, 2.24) is 5.32 Å². The van der Waals surface area contributed by atoms with Gasteiger partial charge in [0.05, 0.1) is 6.61 Å². The molecule has 14 heavy (non-hydrogen) atoms. The number of aliphatic hydroxyl groups is 1. The fourth-order valence-electron chi connectivity index (χ4n) is 1.18. The van der Waals surface area contributed by atoms with Gasteiger partial charge in [0.15, 0.2) is 0 Å². The van der Waals surface area contributed by atoms with E-state index in [1.165, 1.54) is 12.1 Å². The van der Waals surface area contributed by atoms with Crippen LogP contribution in [0.3, 0.4) is 0 Å². The van der Waals surface area contributed by atoms with E-state index in [1.54, 1.807) is 6.07 Å². The maximum absolute atomic E-state index is 12.9. The molecule has 0 aliphatic carbocycles. The van der Waals surface area contributed by atoms with E-state index in [2.05, 4.69) is 5.32 Å². The van der Waals surface area contributed by atoms with Gasteiger partial charge in [0.1, 0.15) is 5.82 Å². The van der Waals surface area contributed by atoms with Crippen LogP contribution >= 0.6 is 0 Å². The molecular formula is C11H16FNO. The second-order valence-electron chi connectivity index (χ2n) is 3.54. The first-order chi connectivity index (χ1) is 6.63. The summed E-state index contributed by atoms with van der Waals surface area (Å²) in [6.07, 6.45) is 0. The number of aliphatic hydroxyl groups excluding tert-OH is 1. The Kier molecular flexibility index (Phi) is 4.04. The quantitative estimate of drug-likeness (QED) is 0.768. The van der Waals surface area contributed by atoms with E-state index in [1.807, 2.05) is 13.8 Å².